The summed E-state index contributed by atoms with van der Waals surface area (Å²) in [7, 11) is 1.10. The second kappa shape index (κ2) is 11.1. The van der Waals surface area contributed by atoms with E-state index in [2.05, 4.69) is 4.74 Å². The SMILES string of the molecule is COC(=O)N1C(=O)[C@@H]2[C@@H](CC(C)=C([C@H](O)CC/C(=C/c3ccc(O)cc3)c3ccccc3)[C@@H]2CO)C1=O. The number of allylic oxidation sites excluding steroid dienone is 2. The van der Waals surface area contributed by atoms with Crippen LogP contribution in [0.3, 0.4) is 0 Å². The normalized spacial score (nSPS) is 22.8. The van der Waals surface area contributed by atoms with Crippen molar-refractivity contribution in [3.63, 3.8) is 0 Å². The van der Waals surface area contributed by atoms with Crippen molar-refractivity contribution >= 4 is 29.6 Å². The highest BCUT2D eigenvalue weighted by Crippen LogP contribution is 2.46. The molecule has 0 aromatic heterocycles. The molecule has 2 aromatic carbocycles. The molecule has 0 bridgehead atoms. The van der Waals surface area contributed by atoms with Gasteiger partial charge in [0.2, 0.25) is 11.8 Å². The predicted octanol–water partition coefficient (Wildman–Crippen LogP) is 3.77. The van der Waals surface area contributed by atoms with Crippen LogP contribution in [0.15, 0.2) is 65.7 Å². The summed E-state index contributed by atoms with van der Waals surface area (Å²) < 4.78 is 4.61. The molecule has 1 heterocycles. The number of hydrogen-bond acceptors (Lipinski definition) is 7. The Morgan fingerprint density at radius 2 is 1.78 bits per heavy atom. The number of ether oxygens (including phenoxy) is 1. The first kappa shape index (κ1) is 26.3. The van der Waals surface area contributed by atoms with E-state index in [9.17, 15) is 29.7 Å². The van der Waals surface area contributed by atoms with Crippen molar-refractivity contribution in [2.45, 2.75) is 32.3 Å². The third kappa shape index (κ3) is 5.21. The Morgan fingerprint density at radius 1 is 1.11 bits per heavy atom. The number of likely N-dealkylation sites (tertiary alicyclic amines) is 1. The molecule has 1 aliphatic heterocycles. The van der Waals surface area contributed by atoms with Gasteiger partial charge in [-0.15, -0.1) is 0 Å². The van der Waals surface area contributed by atoms with Gasteiger partial charge in [0, 0.05) is 5.92 Å². The van der Waals surface area contributed by atoms with Crippen molar-refractivity contribution in [2.75, 3.05) is 13.7 Å². The monoisotopic (exact) mass is 505 g/mol. The lowest BCUT2D eigenvalue weighted by Crippen LogP contribution is -2.39. The molecule has 0 radical (unpaired) electrons. The smallest absolute Gasteiger partial charge is 0.423 e. The van der Waals surface area contributed by atoms with Crippen LogP contribution in [-0.4, -0.2) is 57.9 Å². The van der Waals surface area contributed by atoms with Crippen LogP contribution in [0.5, 0.6) is 5.75 Å². The maximum Gasteiger partial charge on any atom is 0.423 e. The zero-order valence-electron chi connectivity index (χ0n) is 20.8. The number of benzene rings is 2. The largest absolute Gasteiger partial charge is 0.508 e. The van der Waals surface area contributed by atoms with Crippen LogP contribution in [-0.2, 0) is 14.3 Å². The average molecular weight is 506 g/mol. The molecule has 194 valence electrons. The van der Waals surface area contributed by atoms with Crippen LogP contribution < -0.4 is 0 Å². The molecule has 1 fully saturated rings. The number of aromatic hydroxyl groups is 1. The van der Waals surface area contributed by atoms with Crippen LogP contribution in [0.1, 0.15) is 37.3 Å². The highest BCUT2D eigenvalue weighted by Gasteiger charge is 2.56. The van der Waals surface area contributed by atoms with E-state index in [-0.39, 0.29) is 12.2 Å². The van der Waals surface area contributed by atoms with Gasteiger partial charge in [-0.2, -0.15) is 4.90 Å². The molecule has 37 heavy (non-hydrogen) atoms. The van der Waals surface area contributed by atoms with Crippen LogP contribution in [0.2, 0.25) is 0 Å². The topological polar surface area (TPSA) is 124 Å². The average Bonchev–Trinajstić information content (AvgIpc) is 3.15. The fourth-order valence-electron chi connectivity index (χ4n) is 5.56. The number of carbonyl (C=O) groups excluding carboxylic acids is 3. The molecule has 4 atom stereocenters. The summed E-state index contributed by atoms with van der Waals surface area (Å²) in [5, 5.41) is 31.2. The molecular weight excluding hydrogens is 474 g/mol. The lowest BCUT2D eigenvalue weighted by molar-refractivity contribution is -0.137. The van der Waals surface area contributed by atoms with E-state index in [1.165, 1.54) is 0 Å². The standard InChI is InChI=1S/C29H31NO7/c1-17-14-22-26(28(35)30(27(22)34)29(36)37-2)23(16-31)25(17)24(33)13-10-20(19-6-4-3-5-7-19)15-18-8-11-21(32)12-9-18/h3-9,11-12,15,22-24,26,31-33H,10,13-14,16H2,1-2H3/b20-15-/t22-,23+,24-,26-/m1/s1. The molecule has 0 saturated carbocycles. The first-order valence-corrected chi connectivity index (χ1v) is 12.3. The van der Waals surface area contributed by atoms with Gasteiger partial charge in [0.1, 0.15) is 5.75 Å². The molecule has 2 aromatic rings. The van der Waals surface area contributed by atoms with E-state index >= 15 is 0 Å². The van der Waals surface area contributed by atoms with Gasteiger partial charge in [0.05, 0.1) is 31.7 Å². The number of aliphatic hydroxyl groups excluding tert-OH is 2. The van der Waals surface area contributed by atoms with E-state index in [0.717, 1.165) is 29.4 Å². The molecule has 1 aliphatic carbocycles. The maximum atomic E-state index is 13.0. The van der Waals surface area contributed by atoms with Crippen molar-refractivity contribution in [1.82, 2.24) is 4.90 Å². The van der Waals surface area contributed by atoms with Crippen molar-refractivity contribution in [3.8, 4) is 5.75 Å². The number of imide groups is 3. The van der Waals surface area contributed by atoms with E-state index in [1.807, 2.05) is 36.4 Å². The number of aliphatic hydroxyl groups is 2. The van der Waals surface area contributed by atoms with Crippen LogP contribution in [0.25, 0.3) is 11.6 Å². The molecule has 3 amide bonds. The molecule has 4 rings (SSSR count). The first-order chi connectivity index (χ1) is 17.8. The Morgan fingerprint density at radius 3 is 2.41 bits per heavy atom. The summed E-state index contributed by atoms with van der Waals surface area (Å²) in [4.78, 5) is 38.4. The molecular formula is C29H31NO7. The van der Waals surface area contributed by atoms with Gasteiger partial charge in [0.15, 0.2) is 0 Å². The Kier molecular flexibility index (Phi) is 7.90. The minimum Gasteiger partial charge on any atom is -0.508 e. The molecule has 2 aliphatic rings. The Bertz CT molecular complexity index is 1230. The van der Waals surface area contributed by atoms with Crippen molar-refractivity contribution in [2.24, 2.45) is 17.8 Å². The maximum absolute atomic E-state index is 13.0. The first-order valence-electron chi connectivity index (χ1n) is 12.3. The predicted molar refractivity (Wildman–Crippen MR) is 137 cm³/mol. The zero-order chi connectivity index (χ0) is 26.7. The summed E-state index contributed by atoms with van der Waals surface area (Å²) in [6, 6.07) is 16.6. The van der Waals surface area contributed by atoms with Crippen LogP contribution >= 0.6 is 0 Å². The van der Waals surface area contributed by atoms with Gasteiger partial charge >= 0.3 is 6.09 Å². The third-order valence-electron chi connectivity index (χ3n) is 7.31. The Hall–Kier alpha value is -3.75. The number of nitrogens with zero attached hydrogens (tertiary/aromatic N) is 1. The second-order valence-corrected chi connectivity index (χ2v) is 9.52. The Labute approximate surface area is 215 Å². The molecule has 0 spiro atoms. The minimum atomic E-state index is -1.03. The lowest BCUT2D eigenvalue weighted by Gasteiger charge is -2.35. The number of phenols is 1. The fourth-order valence-corrected chi connectivity index (χ4v) is 5.56. The minimum absolute atomic E-state index is 0.174. The van der Waals surface area contributed by atoms with Crippen molar-refractivity contribution < 1.29 is 34.4 Å². The quantitative estimate of drug-likeness (QED) is 0.297. The van der Waals surface area contributed by atoms with Gasteiger partial charge < -0.3 is 20.1 Å². The lowest BCUT2D eigenvalue weighted by atomic mass is 9.68. The summed E-state index contributed by atoms with van der Waals surface area (Å²) in [5.74, 6) is -3.62. The molecule has 3 N–H and O–H groups in total. The van der Waals surface area contributed by atoms with Crippen LogP contribution in [0.4, 0.5) is 4.79 Å². The van der Waals surface area contributed by atoms with Crippen molar-refractivity contribution in [3.05, 3.63) is 76.9 Å². The summed E-state index contributed by atoms with van der Waals surface area (Å²) >= 11 is 0. The number of hydrogen-bond donors (Lipinski definition) is 3. The number of carbonyl (C=O) groups is 3. The number of amides is 3. The van der Waals surface area contributed by atoms with E-state index in [0.29, 0.717) is 23.3 Å². The summed E-state index contributed by atoms with van der Waals surface area (Å²) in [6.07, 6.45) is 1.04. The van der Waals surface area contributed by atoms with Gasteiger partial charge in [-0.1, -0.05) is 54.1 Å². The van der Waals surface area contributed by atoms with E-state index in [1.54, 1.807) is 31.2 Å². The molecule has 8 heteroatoms. The van der Waals surface area contributed by atoms with Gasteiger partial charge in [0.25, 0.3) is 0 Å². The Balaban J connectivity index is 1.59. The molecule has 8 nitrogen and oxygen atoms in total. The summed E-state index contributed by atoms with van der Waals surface area (Å²) in [6.45, 7) is 1.36. The van der Waals surface area contributed by atoms with Gasteiger partial charge in [-0.05, 0) is 60.6 Å². The third-order valence-corrected chi connectivity index (χ3v) is 7.31. The van der Waals surface area contributed by atoms with E-state index in [4.69, 9.17) is 0 Å². The van der Waals surface area contributed by atoms with E-state index < -0.39 is 48.4 Å². The highest BCUT2D eigenvalue weighted by atomic mass is 16.5. The summed E-state index contributed by atoms with van der Waals surface area (Å²) in [5.41, 5.74) is 4.15. The molecule has 0 unspecified atom stereocenters. The number of phenolic OH excluding ortho intramolecular Hbond substituents is 1. The fraction of sp³-hybridized carbons (Fsp3) is 0.345. The zero-order valence-corrected chi connectivity index (χ0v) is 20.8. The van der Waals surface area contributed by atoms with Crippen molar-refractivity contribution in [1.29, 1.82) is 0 Å². The second-order valence-electron chi connectivity index (χ2n) is 9.52. The number of fused-ring (bicyclic) bond motifs is 1. The molecule has 1 saturated heterocycles. The number of methoxy groups -OCH3 is 1. The number of rotatable bonds is 7. The van der Waals surface area contributed by atoms with Crippen LogP contribution in [0, 0.1) is 17.8 Å². The van der Waals surface area contributed by atoms with Gasteiger partial charge in [-0.3, -0.25) is 9.59 Å². The highest BCUT2D eigenvalue weighted by molar-refractivity contribution is 6.16. The van der Waals surface area contributed by atoms with Gasteiger partial charge in [-0.25, -0.2) is 4.79 Å².